The number of hydrogen-bond donors (Lipinski definition) is 3. The van der Waals surface area contributed by atoms with E-state index < -0.39 is 0 Å². The predicted molar refractivity (Wildman–Crippen MR) is 68.0 cm³/mol. The van der Waals surface area contributed by atoms with Gasteiger partial charge < -0.3 is 10.2 Å². The Balaban J connectivity index is 2.02. The molecule has 0 aliphatic rings. The number of phenolic OH excluding ortho intramolecular Hbond substituents is 2. The highest BCUT2D eigenvalue weighted by molar-refractivity contribution is 6.29. The molecule has 92 valence electrons. The van der Waals surface area contributed by atoms with Crippen LogP contribution in [0, 0.1) is 0 Å². The van der Waals surface area contributed by atoms with Crippen LogP contribution < -0.4 is 5.43 Å². The van der Waals surface area contributed by atoms with E-state index in [1.54, 1.807) is 18.2 Å². The summed E-state index contributed by atoms with van der Waals surface area (Å²) in [6.45, 7) is 0. The normalized spacial score (nSPS) is 10.7. The topological polar surface area (TPSA) is 90.6 Å². The SMILES string of the molecule is Oc1ccc(/C=N\Nc2ccc(Cl)nn2)cc1O. The first-order chi connectivity index (χ1) is 8.65. The standard InChI is InChI=1S/C11H9ClN4O2/c12-10-3-4-11(16-14-10)15-13-6-7-1-2-8(17)9(18)5-7/h1-6,17-18H,(H,15,16)/b13-6-. The van der Waals surface area contributed by atoms with Crippen molar-refractivity contribution in [1.82, 2.24) is 10.2 Å². The summed E-state index contributed by atoms with van der Waals surface area (Å²) in [5.74, 6) is 0.0626. The van der Waals surface area contributed by atoms with Gasteiger partial charge in [0.25, 0.3) is 0 Å². The molecule has 0 aliphatic heterocycles. The van der Waals surface area contributed by atoms with Gasteiger partial charge in [-0.2, -0.15) is 5.10 Å². The summed E-state index contributed by atoms with van der Waals surface area (Å²) in [5.41, 5.74) is 3.27. The minimum Gasteiger partial charge on any atom is -0.504 e. The van der Waals surface area contributed by atoms with Crippen molar-refractivity contribution in [2.75, 3.05) is 5.43 Å². The van der Waals surface area contributed by atoms with Crippen LogP contribution in [-0.2, 0) is 0 Å². The van der Waals surface area contributed by atoms with Crippen LogP contribution in [0.3, 0.4) is 0 Å². The van der Waals surface area contributed by atoms with Crippen LogP contribution in [0.4, 0.5) is 5.82 Å². The molecule has 18 heavy (non-hydrogen) atoms. The molecule has 0 aliphatic carbocycles. The van der Waals surface area contributed by atoms with Crippen molar-refractivity contribution in [2.24, 2.45) is 5.10 Å². The molecule has 2 rings (SSSR count). The fourth-order valence-electron chi connectivity index (χ4n) is 1.17. The molecule has 3 N–H and O–H groups in total. The van der Waals surface area contributed by atoms with Crippen LogP contribution >= 0.6 is 11.6 Å². The maximum atomic E-state index is 9.28. The van der Waals surface area contributed by atoms with Crippen LogP contribution in [0.25, 0.3) is 0 Å². The molecule has 0 fully saturated rings. The summed E-state index contributed by atoms with van der Waals surface area (Å²) in [7, 11) is 0. The Morgan fingerprint density at radius 3 is 2.61 bits per heavy atom. The number of aromatic nitrogens is 2. The third kappa shape index (κ3) is 3.08. The molecule has 0 amide bonds. The number of aromatic hydroxyl groups is 2. The van der Waals surface area contributed by atoms with E-state index in [2.05, 4.69) is 20.7 Å². The lowest BCUT2D eigenvalue weighted by Crippen LogP contribution is -1.94. The number of anilines is 1. The highest BCUT2D eigenvalue weighted by atomic mass is 35.5. The summed E-state index contributed by atoms with van der Waals surface area (Å²) in [6.07, 6.45) is 1.47. The van der Waals surface area contributed by atoms with Crippen LogP contribution in [0.2, 0.25) is 5.15 Å². The quantitative estimate of drug-likeness (QED) is 0.448. The maximum absolute atomic E-state index is 9.28. The van der Waals surface area contributed by atoms with Crippen molar-refractivity contribution in [3.63, 3.8) is 0 Å². The van der Waals surface area contributed by atoms with Gasteiger partial charge in [-0.05, 0) is 35.9 Å². The molecule has 6 nitrogen and oxygen atoms in total. The summed E-state index contributed by atoms with van der Waals surface area (Å²) >= 11 is 5.58. The van der Waals surface area contributed by atoms with Crippen molar-refractivity contribution >= 4 is 23.6 Å². The van der Waals surface area contributed by atoms with Crippen molar-refractivity contribution in [3.8, 4) is 11.5 Å². The number of halogens is 1. The first-order valence-electron chi connectivity index (χ1n) is 4.95. The Labute approximate surface area is 108 Å². The molecule has 0 saturated carbocycles. The summed E-state index contributed by atoms with van der Waals surface area (Å²) in [5, 5.41) is 30.0. The molecule has 0 bridgehead atoms. The first-order valence-corrected chi connectivity index (χ1v) is 5.33. The largest absolute Gasteiger partial charge is 0.504 e. The summed E-state index contributed by atoms with van der Waals surface area (Å²) in [4.78, 5) is 0. The Morgan fingerprint density at radius 2 is 1.94 bits per heavy atom. The van der Waals surface area contributed by atoms with Crippen molar-refractivity contribution in [1.29, 1.82) is 0 Å². The van der Waals surface area contributed by atoms with E-state index in [0.29, 0.717) is 16.5 Å². The summed E-state index contributed by atoms with van der Waals surface area (Å²) < 4.78 is 0. The Hall–Kier alpha value is -2.34. The lowest BCUT2D eigenvalue weighted by atomic mass is 10.2. The number of nitrogens with one attached hydrogen (secondary N) is 1. The van der Waals surface area contributed by atoms with E-state index >= 15 is 0 Å². The fourth-order valence-corrected chi connectivity index (χ4v) is 1.27. The van der Waals surface area contributed by atoms with Crippen LogP contribution in [0.15, 0.2) is 35.4 Å². The molecule has 7 heteroatoms. The minimum absolute atomic E-state index is 0.177. The Morgan fingerprint density at radius 1 is 1.11 bits per heavy atom. The van der Waals surface area contributed by atoms with E-state index in [-0.39, 0.29) is 11.5 Å². The van der Waals surface area contributed by atoms with Gasteiger partial charge in [0.15, 0.2) is 22.5 Å². The number of hydrogen-bond acceptors (Lipinski definition) is 6. The number of hydrazone groups is 1. The molecular weight excluding hydrogens is 256 g/mol. The first kappa shape index (κ1) is 12.1. The monoisotopic (exact) mass is 264 g/mol. The molecule has 0 radical (unpaired) electrons. The minimum atomic E-state index is -0.203. The van der Waals surface area contributed by atoms with Crippen molar-refractivity contribution < 1.29 is 10.2 Å². The fraction of sp³-hybridized carbons (Fsp3) is 0. The zero-order valence-electron chi connectivity index (χ0n) is 9.08. The van der Waals surface area contributed by atoms with E-state index in [0.717, 1.165) is 0 Å². The van der Waals surface area contributed by atoms with Gasteiger partial charge in [-0.3, -0.25) is 5.43 Å². The number of benzene rings is 1. The second kappa shape index (κ2) is 5.33. The predicted octanol–water partition coefficient (Wildman–Crippen LogP) is 1.99. The third-order valence-electron chi connectivity index (χ3n) is 2.02. The van der Waals surface area contributed by atoms with E-state index in [1.807, 2.05) is 0 Å². The second-order valence-electron chi connectivity index (χ2n) is 3.36. The molecule has 0 spiro atoms. The Bertz CT molecular complexity index is 572. The molecule has 0 atom stereocenters. The lowest BCUT2D eigenvalue weighted by Gasteiger charge is -1.99. The van der Waals surface area contributed by atoms with Gasteiger partial charge in [0.05, 0.1) is 6.21 Å². The van der Waals surface area contributed by atoms with Gasteiger partial charge in [-0.25, -0.2) is 0 Å². The highest BCUT2D eigenvalue weighted by Crippen LogP contribution is 2.23. The van der Waals surface area contributed by atoms with E-state index in [1.165, 1.54) is 18.3 Å². The number of nitrogens with zero attached hydrogens (tertiary/aromatic N) is 3. The Kier molecular flexibility index (Phi) is 3.59. The molecule has 2 aromatic rings. The van der Waals surface area contributed by atoms with Gasteiger partial charge >= 0.3 is 0 Å². The number of rotatable bonds is 3. The average molecular weight is 265 g/mol. The molecule has 0 unspecified atom stereocenters. The second-order valence-corrected chi connectivity index (χ2v) is 3.75. The summed E-state index contributed by atoms with van der Waals surface area (Å²) in [6, 6.07) is 7.57. The zero-order valence-corrected chi connectivity index (χ0v) is 9.83. The van der Waals surface area contributed by atoms with Gasteiger partial charge in [0.2, 0.25) is 0 Å². The van der Waals surface area contributed by atoms with Crippen molar-refractivity contribution in [3.05, 3.63) is 41.0 Å². The smallest absolute Gasteiger partial charge is 0.168 e. The molecule has 1 heterocycles. The van der Waals surface area contributed by atoms with Crippen LogP contribution in [0.1, 0.15) is 5.56 Å². The van der Waals surface area contributed by atoms with E-state index in [9.17, 15) is 5.11 Å². The van der Waals surface area contributed by atoms with Crippen LogP contribution in [0.5, 0.6) is 11.5 Å². The van der Waals surface area contributed by atoms with Crippen molar-refractivity contribution in [2.45, 2.75) is 0 Å². The molecule has 0 saturated heterocycles. The highest BCUT2D eigenvalue weighted by Gasteiger charge is 1.98. The molecular formula is C11H9ClN4O2. The van der Waals surface area contributed by atoms with Gasteiger partial charge in [0, 0.05) is 0 Å². The van der Waals surface area contributed by atoms with Crippen LogP contribution in [-0.4, -0.2) is 26.6 Å². The lowest BCUT2D eigenvalue weighted by molar-refractivity contribution is 0.403. The van der Waals surface area contributed by atoms with E-state index in [4.69, 9.17) is 16.7 Å². The third-order valence-corrected chi connectivity index (χ3v) is 2.23. The zero-order chi connectivity index (χ0) is 13.0. The molecule has 1 aromatic carbocycles. The average Bonchev–Trinajstić information content (AvgIpc) is 2.36. The maximum Gasteiger partial charge on any atom is 0.168 e. The number of phenols is 2. The van der Waals surface area contributed by atoms with Gasteiger partial charge in [-0.1, -0.05) is 11.6 Å². The van der Waals surface area contributed by atoms with Gasteiger partial charge in [-0.15, -0.1) is 10.2 Å². The molecule has 1 aromatic heterocycles. The van der Waals surface area contributed by atoms with Gasteiger partial charge in [0.1, 0.15) is 0 Å².